The van der Waals surface area contributed by atoms with E-state index in [2.05, 4.69) is 15.3 Å². The highest BCUT2D eigenvalue weighted by Gasteiger charge is 2.08. The van der Waals surface area contributed by atoms with Gasteiger partial charge < -0.3 is 5.32 Å². The van der Waals surface area contributed by atoms with E-state index in [0.717, 1.165) is 21.9 Å². The molecule has 112 valence electrons. The number of hydrogen-bond acceptors (Lipinski definition) is 4. The number of hydrogen-bond donors (Lipinski definition) is 1. The molecule has 6 heteroatoms. The van der Waals surface area contributed by atoms with Crippen LogP contribution in [0.25, 0.3) is 16.2 Å². The Morgan fingerprint density at radius 2 is 2.04 bits per heavy atom. The van der Waals surface area contributed by atoms with Crippen molar-refractivity contribution in [2.75, 3.05) is 5.32 Å². The molecule has 4 rings (SSSR count). The van der Waals surface area contributed by atoms with Crippen molar-refractivity contribution in [1.29, 1.82) is 0 Å². The van der Waals surface area contributed by atoms with Crippen molar-refractivity contribution in [3.05, 3.63) is 72.1 Å². The maximum atomic E-state index is 12.2. The van der Waals surface area contributed by atoms with Crippen molar-refractivity contribution in [3.63, 3.8) is 0 Å². The van der Waals surface area contributed by atoms with Gasteiger partial charge in [-0.05, 0) is 24.3 Å². The second-order valence-electron chi connectivity index (χ2n) is 4.99. The summed E-state index contributed by atoms with van der Waals surface area (Å²) in [5.41, 5.74) is 3.17. The lowest BCUT2D eigenvalue weighted by Crippen LogP contribution is -2.11. The molecule has 4 aromatic rings. The van der Waals surface area contributed by atoms with Gasteiger partial charge in [-0.3, -0.25) is 14.2 Å². The topological polar surface area (TPSA) is 59.3 Å². The summed E-state index contributed by atoms with van der Waals surface area (Å²) in [5.74, 6) is -0.157. The predicted octanol–water partition coefficient (Wildman–Crippen LogP) is 3.71. The fourth-order valence-electron chi connectivity index (χ4n) is 2.33. The van der Waals surface area contributed by atoms with Gasteiger partial charge in [0, 0.05) is 47.0 Å². The van der Waals surface area contributed by atoms with E-state index >= 15 is 0 Å². The number of rotatable bonds is 3. The molecule has 1 N–H and O–H groups in total. The summed E-state index contributed by atoms with van der Waals surface area (Å²) < 4.78 is 1.99. The van der Waals surface area contributed by atoms with Gasteiger partial charge in [0.2, 0.25) is 0 Å². The zero-order valence-electron chi connectivity index (χ0n) is 12.0. The molecular weight excluding hydrogens is 308 g/mol. The first-order chi connectivity index (χ1) is 11.3. The fraction of sp³-hybridized carbons (Fsp3) is 0. The zero-order valence-corrected chi connectivity index (χ0v) is 12.8. The minimum absolute atomic E-state index is 0.157. The van der Waals surface area contributed by atoms with Crippen LogP contribution < -0.4 is 5.32 Å². The molecule has 23 heavy (non-hydrogen) atoms. The molecule has 1 amide bonds. The van der Waals surface area contributed by atoms with E-state index in [1.165, 1.54) is 0 Å². The van der Waals surface area contributed by atoms with Crippen LogP contribution in [0.15, 0.2) is 66.6 Å². The highest BCUT2D eigenvalue weighted by atomic mass is 32.1. The molecule has 0 spiro atoms. The molecule has 3 heterocycles. The van der Waals surface area contributed by atoms with Gasteiger partial charge in [0.05, 0.1) is 5.69 Å². The minimum Gasteiger partial charge on any atom is -0.322 e. The first-order valence-corrected chi connectivity index (χ1v) is 7.91. The summed E-state index contributed by atoms with van der Waals surface area (Å²) >= 11 is 1.59. The van der Waals surface area contributed by atoms with E-state index in [1.54, 1.807) is 35.9 Å². The van der Waals surface area contributed by atoms with E-state index in [1.807, 2.05) is 46.4 Å². The molecule has 0 saturated heterocycles. The lowest BCUT2D eigenvalue weighted by atomic mass is 10.1. The number of benzene rings is 1. The second kappa shape index (κ2) is 5.66. The Bertz CT molecular complexity index is 946. The first-order valence-electron chi connectivity index (χ1n) is 7.03. The van der Waals surface area contributed by atoms with E-state index < -0.39 is 0 Å². The van der Waals surface area contributed by atoms with E-state index in [-0.39, 0.29) is 5.91 Å². The molecule has 0 fully saturated rings. The van der Waals surface area contributed by atoms with E-state index in [4.69, 9.17) is 0 Å². The first kappa shape index (κ1) is 13.7. The van der Waals surface area contributed by atoms with Crippen molar-refractivity contribution < 1.29 is 4.79 Å². The number of carbonyl (C=O) groups excluding carboxylic acids is 1. The number of pyridine rings is 1. The van der Waals surface area contributed by atoms with Gasteiger partial charge in [0.15, 0.2) is 4.96 Å². The van der Waals surface area contributed by atoms with Gasteiger partial charge in [-0.15, -0.1) is 11.3 Å². The number of nitrogens with zero attached hydrogens (tertiary/aromatic N) is 3. The number of aromatic nitrogens is 3. The number of nitrogens with one attached hydrogen (secondary N) is 1. The summed E-state index contributed by atoms with van der Waals surface area (Å²) in [7, 11) is 0. The van der Waals surface area contributed by atoms with E-state index in [0.29, 0.717) is 5.56 Å². The van der Waals surface area contributed by atoms with Crippen LogP contribution in [0.1, 0.15) is 10.4 Å². The highest BCUT2D eigenvalue weighted by molar-refractivity contribution is 7.15. The number of imidazole rings is 1. The van der Waals surface area contributed by atoms with Crippen LogP contribution in [0.3, 0.4) is 0 Å². The maximum Gasteiger partial charge on any atom is 0.255 e. The Balaban J connectivity index is 1.61. The number of anilines is 1. The van der Waals surface area contributed by atoms with Crippen LogP contribution in [0, 0.1) is 0 Å². The number of thiazole rings is 1. The Kier molecular flexibility index (Phi) is 3.36. The van der Waals surface area contributed by atoms with Gasteiger partial charge in [0.25, 0.3) is 5.91 Å². The third-order valence-electron chi connectivity index (χ3n) is 3.45. The summed E-state index contributed by atoms with van der Waals surface area (Å²) in [6, 6.07) is 11.0. The molecule has 0 saturated carbocycles. The molecule has 0 aliphatic heterocycles. The van der Waals surface area contributed by atoms with Gasteiger partial charge in [-0.25, -0.2) is 4.98 Å². The monoisotopic (exact) mass is 320 g/mol. The van der Waals surface area contributed by atoms with Crippen molar-refractivity contribution in [3.8, 4) is 11.3 Å². The zero-order chi connectivity index (χ0) is 15.6. The van der Waals surface area contributed by atoms with Crippen molar-refractivity contribution >= 4 is 27.9 Å². The number of fused-ring (bicyclic) bond motifs is 1. The predicted molar refractivity (Wildman–Crippen MR) is 90.7 cm³/mol. The van der Waals surface area contributed by atoms with Crippen LogP contribution in [0.2, 0.25) is 0 Å². The van der Waals surface area contributed by atoms with Gasteiger partial charge in [-0.1, -0.05) is 12.1 Å². The average molecular weight is 320 g/mol. The SMILES string of the molecule is O=C(Nc1cccc(-c2cn3ccsc3n2)c1)c1ccncc1. The molecule has 0 bridgehead atoms. The molecule has 0 radical (unpaired) electrons. The summed E-state index contributed by atoms with van der Waals surface area (Å²) in [6.45, 7) is 0. The minimum atomic E-state index is -0.157. The van der Waals surface area contributed by atoms with Gasteiger partial charge >= 0.3 is 0 Å². The second-order valence-corrected chi connectivity index (χ2v) is 5.86. The quantitative estimate of drug-likeness (QED) is 0.626. The molecule has 0 atom stereocenters. The standard InChI is InChI=1S/C17H12N4OS/c22-16(12-4-6-18-7-5-12)19-14-3-1-2-13(10-14)15-11-21-8-9-23-17(21)20-15/h1-11H,(H,19,22). The Labute approximate surface area is 136 Å². The molecule has 0 aliphatic rings. The van der Waals surface area contributed by atoms with E-state index in [9.17, 15) is 4.79 Å². The molecule has 3 aromatic heterocycles. The third kappa shape index (κ3) is 2.72. The van der Waals surface area contributed by atoms with Crippen molar-refractivity contribution in [2.24, 2.45) is 0 Å². The lowest BCUT2D eigenvalue weighted by Gasteiger charge is -2.06. The molecule has 1 aromatic carbocycles. The lowest BCUT2D eigenvalue weighted by molar-refractivity contribution is 0.102. The van der Waals surface area contributed by atoms with Crippen LogP contribution in [0.4, 0.5) is 5.69 Å². The fourth-order valence-corrected chi connectivity index (χ4v) is 3.03. The number of carbonyl (C=O) groups is 1. The summed E-state index contributed by atoms with van der Waals surface area (Å²) in [5, 5.41) is 4.89. The summed E-state index contributed by atoms with van der Waals surface area (Å²) in [6.07, 6.45) is 7.16. The van der Waals surface area contributed by atoms with Crippen LogP contribution in [-0.4, -0.2) is 20.3 Å². The van der Waals surface area contributed by atoms with Crippen LogP contribution >= 0.6 is 11.3 Å². The third-order valence-corrected chi connectivity index (χ3v) is 4.22. The normalized spacial score (nSPS) is 10.8. The van der Waals surface area contributed by atoms with Gasteiger partial charge in [0.1, 0.15) is 0 Å². The van der Waals surface area contributed by atoms with Gasteiger partial charge in [-0.2, -0.15) is 0 Å². The largest absolute Gasteiger partial charge is 0.322 e. The maximum absolute atomic E-state index is 12.2. The molecule has 0 unspecified atom stereocenters. The Morgan fingerprint density at radius 3 is 2.87 bits per heavy atom. The van der Waals surface area contributed by atoms with Crippen molar-refractivity contribution in [2.45, 2.75) is 0 Å². The molecule has 0 aliphatic carbocycles. The molecule has 5 nitrogen and oxygen atoms in total. The summed E-state index contributed by atoms with van der Waals surface area (Å²) in [4.78, 5) is 21.7. The Morgan fingerprint density at radius 1 is 1.17 bits per heavy atom. The molecular formula is C17H12N4OS. The Hall–Kier alpha value is -2.99. The average Bonchev–Trinajstić information content (AvgIpc) is 3.17. The van der Waals surface area contributed by atoms with Crippen molar-refractivity contribution in [1.82, 2.24) is 14.4 Å². The van der Waals surface area contributed by atoms with Crippen LogP contribution in [0.5, 0.6) is 0 Å². The smallest absolute Gasteiger partial charge is 0.255 e. The van der Waals surface area contributed by atoms with Crippen LogP contribution in [-0.2, 0) is 0 Å². The highest BCUT2D eigenvalue weighted by Crippen LogP contribution is 2.24. The number of amides is 1.